The van der Waals surface area contributed by atoms with Crippen LogP contribution < -0.4 is 5.32 Å². The molecule has 1 aromatic carbocycles. The molecule has 2 aliphatic rings. The quantitative estimate of drug-likeness (QED) is 0.819. The van der Waals surface area contributed by atoms with E-state index in [9.17, 15) is 13.6 Å². The van der Waals surface area contributed by atoms with E-state index in [4.69, 9.17) is 0 Å². The molecule has 0 spiro atoms. The molecule has 3 rings (SSSR count). The van der Waals surface area contributed by atoms with E-state index in [0.29, 0.717) is 12.5 Å². The van der Waals surface area contributed by atoms with Crippen LogP contribution in [0.25, 0.3) is 0 Å². The van der Waals surface area contributed by atoms with Gasteiger partial charge in [0.15, 0.2) is 0 Å². The van der Waals surface area contributed by atoms with E-state index < -0.39 is 17.5 Å². The first kappa shape index (κ1) is 11.6. The van der Waals surface area contributed by atoms with E-state index in [1.807, 2.05) is 0 Å². The van der Waals surface area contributed by atoms with E-state index >= 15 is 0 Å². The van der Waals surface area contributed by atoms with Crippen molar-refractivity contribution in [2.75, 3.05) is 19.6 Å². The molecule has 96 valence electrons. The molecule has 0 aliphatic carbocycles. The first-order valence-corrected chi connectivity index (χ1v) is 6.13. The van der Waals surface area contributed by atoms with Gasteiger partial charge >= 0.3 is 0 Å². The van der Waals surface area contributed by atoms with E-state index in [2.05, 4.69) is 5.32 Å². The Hall–Kier alpha value is -1.49. The third-order valence-corrected chi connectivity index (χ3v) is 3.86. The zero-order valence-corrected chi connectivity index (χ0v) is 9.83. The van der Waals surface area contributed by atoms with Gasteiger partial charge in [-0.25, -0.2) is 8.78 Å². The number of rotatable bonds is 1. The molecule has 2 saturated heterocycles. The van der Waals surface area contributed by atoms with Gasteiger partial charge in [-0.05, 0) is 30.5 Å². The number of halogens is 2. The van der Waals surface area contributed by atoms with E-state index in [0.717, 1.165) is 37.7 Å². The fourth-order valence-electron chi connectivity index (χ4n) is 2.92. The number of fused-ring (bicyclic) bond motifs is 1. The van der Waals surface area contributed by atoms with Gasteiger partial charge in [0.05, 0.1) is 5.56 Å². The molecule has 5 heteroatoms. The molecule has 1 aromatic rings. The molecule has 2 fully saturated rings. The molecule has 18 heavy (non-hydrogen) atoms. The minimum Gasteiger partial charge on any atom is -0.334 e. The van der Waals surface area contributed by atoms with Crippen LogP contribution in [0.15, 0.2) is 18.2 Å². The molecule has 1 N–H and O–H groups in total. The molecule has 0 unspecified atom stereocenters. The van der Waals surface area contributed by atoms with Crippen LogP contribution in [-0.2, 0) is 0 Å². The Kier molecular flexibility index (Phi) is 2.78. The highest BCUT2D eigenvalue weighted by atomic mass is 19.1. The van der Waals surface area contributed by atoms with Crippen molar-refractivity contribution in [2.45, 2.75) is 12.5 Å². The first-order valence-electron chi connectivity index (χ1n) is 6.13. The molecule has 2 atom stereocenters. The molecule has 0 radical (unpaired) electrons. The summed E-state index contributed by atoms with van der Waals surface area (Å²) in [5, 5.41) is 3.22. The van der Waals surface area contributed by atoms with E-state index in [1.165, 1.54) is 0 Å². The Labute approximate surface area is 104 Å². The normalized spacial score (nSPS) is 26.4. The van der Waals surface area contributed by atoms with Gasteiger partial charge in [-0.15, -0.1) is 0 Å². The third kappa shape index (κ3) is 1.79. The zero-order valence-electron chi connectivity index (χ0n) is 9.83. The molecule has 0 bridgehead atoms. The van der Waals surface area contributed by atoms with Crippen LogP contribution >= 0.6 is 0 Å². The van der Waals surface area contributed by atoms with Gasteiger partial charge in [0.25, 0.3) is 5.91 Å². The fraction of sp³-hybridized carbons (Fsp3) is 0.462. The van der Waals surface area contributed by atoms with Gasteiger partial charge in [0, 0.05) is 25.7 Å². The zero-order chi connectivity index (χ0) is 12.7. The second-order valence-corrected chi connectivity index (χ2v) is 4.90. The number of likely N-dealkylation sites (tertiary alicyclic amines) is 1. The van der Waals surface area contributed by atoms with Crippen LogP contribution in [0.4, 0.5) is 8.78 Å². The van der Waals surface area contributed by atoms with Gasteiger partial charge in [0.2, 0.25) is 0 Å². The summed E-state index contributed by atoms with van der Waals surface area (Å²) in [7, 11) is 0. The fourth-order valence-corrected chi connectivity index (χ4v) is 2.92. The number of hydrogen-bond acceptors (Lipinski definition) is 2. The van der Waals surface area contributed by atoms with Crippen molar-refractivity contribution in [3.63, 3.8) is 0 Å². The maximum atomic E-state index is 13.6. The molecule has 0 saturated carbocycles. The summed E-state index contributed by atoms with van der Waals surface area (Å²) in [6.07, 6.45) is 0.931. The number of benzene rings is 1. The average molecular weight is 252 g/mol. The average Bonchev–Trinajstić information content (AvgIpc) is 2.93. The molecule has 2 heterocycles. The Balaban J connectivity index is 1.88. The number of hydrogen-bond donors (Lipinski definition) is 1. The maximum Gasteiger partial charge on any atom is 0.257 e. The summed E-state index contributed by atoms with van der Waals surface area (Å²) >= 11 is 0. The van der Waals surface area contributed by atoms with Crippen molar-refractivity contribution in [1.29, 1.82) is 0 Å². The van der Waals surface area contributed by atoms with Crippen molar-refractivity contribution in [2.24, 2.45) is 5.92 Å². The van der Waals surface area contributed by atoms with Crippen molar-refractivity contribution in [3.8, 4) is 0 Å². The van der Waals surface area contributed by atoms with Crippen molar-refractivity contribution < 1.29 is 13.6 Å². The standard InChI is InChI=1S/C13H14F2N2O/c14-9-1-2-11(15)10(5-9)13(18)17-4-3-8-6-16-7-12(8)17/h1-2,5,8,12,16H,3-4,6-7H2/t8-,12+/m0/s1. The monoisotopic (exact) mass is 252 g/mol. The lowest BCUT2D eigenvalue weighted by molar-refractivity contribution is 0.0731. The number of carbonyl (C=O) groups is 1. The smallest absolute Gasteiger partial charge is 0.257 e. The summed E-state index contributed by atoms with van der Waals surface area (Å²) in [5.41, 5.74) is -0.164. The third-order valence-electron chi connectivity index (χ3n) is 3.86. The van der Waals surface area contributed by atoms with Crippen LogP contribution in [-0.4, -0.2) is 36.5 Å². The highest BCUT2D eigenvalue weighted by Crippen LogP contribution is 2.29. The highest BCUT2D eigenvalue weighted by Gasteiger charge is 2.40. The Morgan fingerprint density at radius 2 is 2.17 bits per heavy atom. The minimum absolute atomic E-state index is 0.125. The maximum absolute atomic E-state index is 13.6. The van der Waals surface area contributed by atoms with Gasteiger partial charge in [-0.2, -0.15) is 0 Å². The van der Waals surface area contributed by atoms with Crippen molar-refractivity contribution in [1.82, 2.24) is 10.2 Å². The molecular formula is C13H14F2N2O. The summed E-state index contributed by atoms with van der Waals surface area (Å²) in [6.45, 7) is 2.28. The summed E-state index contributed by atoms with van der Waals surface area (Å²) < 4.78 is 26.7. The largest absolute Gasteiger partial charge is 0.334 e. The molecule has 1 amide bonds. The second kappa shape index (κ2) is 4.31. The van der Waals surface area contributed by atoms with E-state index in [-0.39, 0.29) is 11.6 Å². The number of nitrogens with zero attached hydrogens (tertiary/aromatic N) is 1. The molecular weight excluding hydrogens is 238 g/mol. The summed E-state index contributed by atoms with van der Waals surface area (Å²) in [4.78, 5) is 13.9. The Morgan fingerprint density at radius 1 is 1.33 bits per heavy atom. The molecule has 2 aliphatic heterocycles. The van der Waals surface area contributed by atoms with E-state index in [1.54, 1.807) is 4.90 Å². The van der Waals surface area contributed by atoms with Gasteiger partial charge in [0.1, 0.15) is 11.6 Å². The van der Waals surface area contributed by atoms with Gasteiger partial charge in [-0.1, -0.05) is 0 Å². The number of carbonyl (C=O) groups excluding carboxylic acids is 1. The predicted molar refractivity (Wildman–Crippen MR) is 62.2 cm³/mol. The van der Waals surface area contributed by atoms with Gasteiger partial charge in [-0.3, -0.25) is 4.79 Å². The lowest BCUT2D eigenvalue weighted by atomic mass is 10.0. The van der Waals surface area contributed by atoms with Crippen LogP contribution in [0.1, 0.15) is 16.8 Å². The number of nitrogens with one attached hydrogen (secondary N) is 1. The topological polar surface area (TPSA) is 32.3 Å². The lowest BCUT2D eigenvalue weighted by Gasteiger charge is -2.23. The molecule has 3 nitrogen and oxygen atoms in total. The van der Waals surface area contributed by atoms with Crippen LogP contribution in [0, 0.1) is 17.6 Å². The van der Waals surface area contributed by atoms with Crippen LogP contribution in [0.3, 0.4) is 0 Å². The van der Waals surface area contributed by atoms with Gasteiger partial charge < -0.3 is 10.2 Å². The first-order chi connectivity index (χ1) is 8.66. The SMILES string of the molecule is O=C(c1cc(F)ccc1F)N1CC[C@H]2CNC[C@H]21. The predicted octanol–water partition coefficient (Wildman–Crippen LogP) is 1.40. The van der Waals surface area contributed by atoms with Crippen LogP contribution in [0.5, 0.6) is 0 Å². The summed E-state index contributed by atoms with van der Waals surface area (Å²) in [5.74, 6) is -1.19. The highest BCUT2D eigenvalue weighted by molar-refractivity contribution is 5.95. The Morgan fingerprint density at radius 3 is 3.00 bits per heavy atom. The molecule has 0 aromatic heterocycles. The van der Waals surface area contributed by atoms with Crippen molar-refractivity contribution in [3.05, 3.63) is 35.4 Å². The Bertz CT molecular complexity index is 492. The van der Waals surface area contributed by atoms with Crippen molar-refractivity contribution >= 4 is 5.91 Å². The second-order valence-electron chi connectivity index (χ2n) is 4.90. The minimum atomic E-state index is -0.657. The van der Waals surface area contributed by atoms with Crippen LogP contribution in [0.2, 0.25) is 0 Å². The lowest BCUT2D eigenvalue weighted by Crippen LogP contribution is -2.39. The summed E-state index contributed by atoms with van der Waals surface area (Å²) in [6, 6.07) is 3.13. The number of amides is 1.